The van der Waals surface area contributed by atoms with Crippen molar-refractivity contribution in [3.05, 3.63) is 42.2 Å². The van der Waals surface area contributed by atoms with Gasteiger partial charge in [0.1, 0.15) is 0 Å². The fourth-order valence-electron chi connectivity index (χ4n) is 3.00. The van der Waals surface area contributed by atoms with E-state index in [9.17, 15) is 9.90 Å². The van der Waals surface area contributed by atoms with Gasteiger partial charge in [-0.2, -0.15) is 0 Å². The van der Waals surface area contributed by atoms with Gasteiger partial charge in [0.05, 0.1) is 11.4 Å². The van der Waals surface area contributed by atoms with Crippen LogP contribution in [-0.2, 0) is 4.79 Å². The van der Waals surface area contributed by atoms with Crippen molar-refractivity contribution in [1.29, 1.82) is 0 Å². The number of imidazole rings is 1. The minimum Gasteiger partial charge on any atom is -0.396 e. The Kier molecular flexibility index (Phi) is 5.58. The molecular weight excluding hydrogens is 322 g/mol. The number of nitrogens with zero attached hydrogens (tertiary/aromatic N) is 3. The van der Waals surface area contributed by atoms with Crippen LogP contribution < -0.4 is 0 Å². The first-order valence-electron chi connectivity index (χ1n) is 8.30. The van der Waals surface area contributed by atoms with E-state index >= 15 is 0 Å². The van der Waals surface area contributed by atoms with Crippen LogP contribution in [0, 0.1) is 12.8 Å². The van der Waals surface area contributed by atoms with Crippen molar-refractivity contribution in [3.63, 3.8) is 0 Å². The fourth-order valence-corrected chi connectivity index (χ4v) is 3.86. The van der Waals surface area contributed by atoms with Crippen LogP contribution in [0.5, 0.6) is 0 Å². The van der Waals surface area contributed by atoms with E-state index in [1.165, 1.54) is 17.3 Å². The molecule has 5 nitrogen and oxygen atoms in total. The normalized spacial score (nSPS) is 15.7. The third kappa shape index (κ3) is 3.82. The summed E-state index contributed by atoms with van der Waals surface area (Å²) in [5.41, 5.74) is 2.27. The Balaban J connectivity index is 1.61. The number of thioether (sulfide) groups is 1. The highest BCUT2D eigenvalue weighted by Crippen LogP contribution is 2.24. The van der Waals surface area contributed by atoms with Crippen molar-refractivity contribution in [2.75, 3.05) is 25.4 Å². The van der Waals surface area contributed by atoms with Gasteiger partial charge in [0.2, 0.25) is 5.91 Å². The molecule has 128 valence electrons. The molecule has 1 aromatic carbocycles. The highest BCUT2D eigenvalue weighted by atomic mass is 32.2. The summed E-state index contributed by atoms with van der Waals surface area (Å²) in [7, 11) is 0. The van der Waals surface area contributed by atoms with Crippen LogP contribution in [-0.4, -0.2) is 50.9 Å². The van der Waals surface area contributed by atoms with Crippen molar-refractivity contribution < 1.29 is 9.90 Å². The maximum atomic E-state index is 12.4. The summed E-state index contributed by atoms with van der Waals surface area (Å²) in [5.74, 6) is 0.893. The number of carbonyl (C=O) groups excluding carboxylic acids is 1. The number of hydrogen-bond donors (Lipinski definition) is 1. The van der Waals surface area contributed by atoms with Crippen molar-refractivity contribution in [2.45, 2.75) is 24.9 Å². The molecule has 0 unspecified atom stereocenters. The first-order valence-corrected chi connectivity index (χ1v) is 9.28. The van der Waals surface area contributed by atoms with Gasteiger partial charge in [-0.1, -0.05) is 30.0 Å². The number of hydrogen-bond acceptors (Lipinski definition) is 4. The Labute approximate surface area is 146 Å². The summed E-state index contributed by atoms with van der Waals surface area (Å²) >= 11 is 1.48. The molecule has 2 aromatic rings. The van der Waals surface area contributed by atoms with Crippen LogP contribution in [0.2, 0.25) is 0 Å². The lowest BCUT2D eigenvalue weighted by Gasteiger charge is -2.31. The maximum Gasteiger partial charge on any atom is 0.233 e. The number of amides is 1. The van der Waals surface area contributed by atoms with Gasteiger partial charge in [-0.15, -0.1) is 0 Å². The lowest BCUT2D eigenvalue weighted by molar-refractivity contribution is -0.129. The van der Waals surface area contributed by atoms with Crippen LogP contribution in [0.3, 0.4) is 0 Å². The molecule has 2 heterocycles. The molecule has 1 aliphatic rings. The minimum absolute atomic E-state index is 0.149. The van der Waals surface area contributed by atoms with Gasteiger partial charge in [-0.05, 0) is 37.3 Å². The zero-order valence-electron chi connectivity index (χ0n) is 13.9. The number of rotatable bonds is 5. The predicted molar refractivity (Wildman–Crippen MR) is 95.4 cm³/mol. The molecule has 6 heteroatoms. The summed E-state index contributed by atoms with van der Waals surface area (Å²) < 4.78 is 2.03. The second-order valence-electron chi connectivity index (χ2n) is 6.16. The summed E-state index contributed by atoms with van der Waals surface area (Å²) in [6.07, 6.45) is 5.49. The zero-order valence-corrected chi connectivity index (χ0v) is 14.7. The largest absolute Gasteiger partial charge is 0.396 e. The van der Waals surface area contributed by atoms with Gasteiger partial charge >= 0.3 is 0 Å². The van der Waals surface area contributed by atoms with Crippen molar-refractivity contribution in [2.24, 2.45) is 5.92 Å². The van der Waals surface area contributed by atoms with E-state index in [0.29, 0.717) is 11.7 Å². The Morgan fingerprint density at radius 2 is 2.08 bits per heavy atom. The number of piperidine rings is 1. The molecule has 0 saturated carbocycles. The average Bonchev–Trinajstić information content (AvgIpc) is 3.08. The van der Waals surface area contributed by atoms with E-state index in [2.05, 4.69) is 24.0 Å². The van der Waals surface area contributed by atoms with Gasteiger partial charge in [0.25, 0.3) is 0 Å². The molecule has 0 atom stereocenters. The highest BCUT2D eigenvalue weighted by Gasteiger charge is 2.22. The molecule has 1 fully saturated rings. The van der Waals surface area contributed by atoms with Gasteiger partial charge in [-0.25, -0.2) is 4.98 Å². The van der Waals surface area contributed by atoms with E-state index in [0.717, 1.165) is 36.8 Å². The van der Waals surface area contributed by atoms with E-state index in [4.69, 9.17) is 0 Å². The number of benzene rings is 1. The van der Waals surface area contributed by atoms with E-state index in [1.54, 1.807) is 6.20 Å². The standard InChI is InChI=1S/C18H23N3O2S/c1-14-4-2-3-5-16(14)21-11-8-19-18(21)24-13-17(23)20-9-6-15(12-22)7-10-20/h2-5,8,11,15,22H,6-7,9-10,12-13H2,1H3. The third-order valence-electron chi connectivity index (χ3n) is 4.53. The Morgan fingerprint density at radius 1 is 1.33 bits per heavy atom. The Morgan fingerprint density at radius 3 is 2.79 bits per heavy atom. The molecule has 0 radical (unpaired) electrons. The molecule has 0 spiro atoms. The van der Waals surface area contributed by atoms with Gasteiger partial charge in [0.15, 0.2) is 5.16 Å². The minimum atomic E-state index is 0.149. The molecule has 1 amide bonds. The van der Waals surface area contributed by atoms with Crippen molar-refractivity contribution >= 4 is 17.7 Å². The zero-order chi connectivity index (χ0) is 16.9. The molecule has 1 aliphatic heterocycles. The maximum absolute atomic E-state index is 12.4. The van der Waals surface area contributed by atoms with Crippen LogP contribution in [0.15, 0.2) is 41.8 Å². The molecule has 1 saturated heterocycles. The Hall–Kier alpha value is -1.79. The van der Waals surface area contributed by atoms with E-state index < -0.39 is 0 Å². The fraction of sp³-hybridized carbons (Fsp3) is 0.444. The monoisotopic (exact) mass is 345 g/mol. The first-order chi connectivity index (χ1) is 11.7. The number of aliphatic hydroxyl groups excluding tert-OH is 1. The molecule has 3 rings (SSSR count). The SMILES string of the molecule is Cc1ccccc1-n1ccnc1SCC(=O)N1CCC(CO)CC1. The predicted octanol–water partition coefficient (Wildman–Crippen LogP) is 2.50. The van der Waals surface area contributed by atoms with Crippen LogP contribution in [0.25, 0.3) is 5.69 Å². The van der Waals surface area contributed by atoms with Crippen LogP contribution in [0.1, 0.15) is 18.4 Å². The third-order valence-corrected chi connectivity index (χ3v) is 5.48. The lowest BCUT2D eigenvalue weighted by atomic mass is 9.98. The number of para-hydroxylation sites is 1. The molecule has 1 aromatic heterocycles. The van der Waals surface area contributed by atoms with E-state index in [1.807, 2.05) is 27.8 Å². The molecule has 0 bridgehead atoms. The number of aliphatic hydroxyl groups is 1. The quantitative estimate of drug-likeness (QED) is 0.846. The lowest BCUT2D eigenvalue weighted by Crippen LogP contribution is -2.40. The van der Waals surface area contributed by atoms with E-state index in [-0.39, 0.29) is 12.5 Å². The molecular formula is C18H23N3O2S. The second kappa shape index (κ2) is 7.85. The summed E-state index contributed by atoms with van der Waals surface area (Å²) in [6, 6.07) is 8.15. The second-order valence-corrected chi connectivity index (χ2v) is 7.10. The van der Waals surface area contributed by atoms with Crippen LogP contribution in [0.4, 0.5) is 0 Å². The van der Waals surface area contributed by atoms with Crippen LogP contribution >= 0.6 is 11.8 Å². The van der Waals surface area contributed by atoms with Gasteiger partial charge in [0, 0.05) is 32.1 Å². The molecule has 0 aliphatic carbocycles. The number of aromatic nitrogens is 2. The summed E-state index contributed by atoms with van der Waals surface area (Å²) in [6.45, 7) is 3.79. The smallest absolute Gasteiger partial charge is 0.233 e. The number of carbonyl (C=O) groups is 1. The topological polar surface area (TPSA) is 58.4 Å². The molecule has 1 N–H and O–H groups in total. The molecule has 24 heavy (non-hydrogen) atoms. The van der Waals surface area contributed by atoms with Crippen molar-refractivity contribution in [1.82, 2.24) is 14.5 Å². The summed E-state index contributed by atoms with van der Waals surface area (Å²) in [4.78, 5) is 18.7. The Bertz CT molecular complexity index is 693. The van der Waals surface area contributed by atoms with Crippen molar-refractivity contribution in [3.8, 4) is 5.69 Å². The first kappa shape index (κ1) is 17.0. The van der Waals surface area contributed by atoms with Gasteiger partial charge in [-0.3, -0.25) is 9.36 Å². The highest BCUT2D eigenvalue weighted by molar-refractivity contribution is 7.99. The summed E-state index contributed by atoms with van der Waals surface area (Å²) in [5, 5.41) is 10.0. The average molecular weight is 345 g/mol. The number of aryl methyl sites for hydroxylation is 1. The number of likely N-dealkylation sites (tertiary alicyclic amines) is 1. The van der Waals surface area contributed by atoms with Gasteiger partial charge < -0.3 is 10.0 Å².